The van der Waals surface area contributed by atoms with Crippen LogP contribution in [0.15, 0.2) is 18.2 Å². The first-order valence-electron chi connectivity index (χ1n) is 6.51. The van der Waals surface area contributed by atoms with Crippen molar-refractivity contribution in [3.8, 4) is 0 Å². The Bertz CT molecular complexity index is 429. The number of aryl methyl sites for hydroxylation is 1. The van der Waals surface area contributed by atoms with E-state index in [0.717, 1.165) is 5.69 Å². The normalized spacial score (nSPS) is 10.6. The highest BCUT2D eigenvalue weighted by atomic mass is 16.7. The van der Waals surface area contributed by atoms with Crippen molar-refractivity contribution in [1.82, 2.24) is 0 Å². The fourth-order valence-electron chi connectivity index (χ4n) is 2.18. The van der Waals surface area contributed by atoms with Gasteiger partial charge in [0.2, 0.25) is 0 Å². The van der Waals surface area contributed by atoms with Crippen molar-refractivity contribution < 1.29 is 14.4 Å². The third kappa shape index (κ3) is 4.24. The molecule has 1 aromatic rings. The van der Waals surface area contributed by atoms with Crippen molar-refractivity contribution in [3.63, 3.8) is 0 Å². The average molecular weight is 265 g/mol. The Morgan fingerprint density at radius 3 is 2.58 bits per heavy atom. The maximum atomic E-state index is 11.3. The Hall–Kier alpha value is -1.55. The summed E-state index contributed by atoms with van der Waals surface area (Å²) in [5.74, 6) is 0.0316. The second kappa shape index (κ2) is 7.14. The zero-order valence-corrected chi connectivity index (χ0v) is 12.4. The third-order valence-electron chi connectivity index (χ3n) is 2.88. The number of methoxy groups -OCH3 is 1. The Morgan fingerprint density at radius 2 is 2.05 bits per heavy atom. The van der Waals surface area contributed by atoms with Gasteiger partial charge in [-0.3, -0.25) is 4.79 Å². The van der Waals surface area contributed by atoms with Crippen LogP contribution in [0.1, 0.15) is 37.8 Å². The number of ether oxygens (including phenoxy) is 1. The lowest BCUT2D eigenvalue weighted by atomic mass is 9.96. The Labute approximate surface area is 115 Å². The van der Waals surface area contributed by atoms with E-state index in [-0.39, 0.29) is 5.97 Å². The molecule has 0 unspecified atom stereocenters. The van der Waals surface area contributed by atoms with Crippen LogP contribution in [0.3, 0.4) is 0 Å². The zero-order valence-electron chi connectivity index (χ0n) is 12.4. The molecule has 0 aliphatic rings. The molecule has 0 bridgehead atoms. The predicted molar refractivity (Wildman–Crippen MR) is 76.3 cm³/mol. The van der Waals surface area contributed by atoms with Crippen LogP contribution in [0.5, 0.6) is 0 Å². The van der Waals surface area contributed by atoms with Gasteiger partial charge in [-0.2, -0.15) is 0 Å². The summed E-state index contributed by atoms with van der Waals surface area (Å²) in [5, 5.41) is 1.62. The first kappa shape index (κ1) is 15.5. The van der Waals surface area contributed by atoms with E-state index in [2.05, 4.69) is 26.8 Å². The number of rotatable bonds is 6. The van der Waals surface area contributed by atoms with Gasteiger partial charge in [-0.15, -0.1) is 0 Å². The Morgan fingerprint density at radius 1 is 1.37 bits per heavy atom. The van der Waals surface area contributed by atoms with Gasteiger partial charge in [-0.05, 0) is 30.0 Å². The molecule has 4 nitrogen and oxygen atoms in total. The summed E-state index contributed by atoms with van der Waals surface area (Å²) < 4.78 is 5.07. The van der Waals surface area contributed by atoms with E-state index in [9.17, 15) is 4.79 Å². The molecule has 19 heavy (non-hydrogen) atoms. The Kier molecular flexibility index (Phi) is 5.83. The van der Waals surface area contributed by atoms with E-state index in [0.29, 0.717) is 19.1 Å². The van der Waals surface area contributed by atoms with Crippen molar-refractivity contribution >= 4 is 11.7 Å². The number of benzene rings is 1. The molecule has 1 rings (SSSR count). The number of carbonyl (C=O) groups excluding carboxylic acids is 1. The highest BCUT2D eigenvalue weighted by Crippen LogP contribution is 2.30. The summed E-state index contributed by atoms with van der Waals surface area (Å²) in [5.41, 5.74) is 3.32. The molecule has 4 heteroatoms. The van der Waals surface area contributed by atoms with Gasteiger partial charge in [-0.1, -0.05) is 26.0 Å². The summed E-state index contributed by atoms with van der Waals surface area (Å²) in [4.78, 5) is 16.6. The summed E-state index contributed by atoms with van der Waals surface area (Å²) in [6, 6.07) is 6.02. The fraction of sp³-hybridized carbons (Fsp3) is 0.533. The largest absolute Gasteiger partial charge is 0.383 e. The van der Waals surface area contributed by atoms with E-state index in [1.807, 2.05) is 12.1 Å². The van der Waals surface area contributed by atoms with Crippen LogP contribution in [0, 0.1) is 6.92 Å². The van der Waals surface area contributed by atoms with E-state index in [4.69, 9.17) is 9.57 Å². The number of nitrogens with zero attached hydrogens (tertiary/aromatic N) is 1. The van der Waals surface area contributed by atoms with Crippen molar-refractivity contribution in [3.05, 3.63) is 29.3 Å². The van der Waals surface area contributed by atoms with Crippen molar-refractivity contribution in [2.75, 3.05) is 25.3 Å². The third-order valence-corrected chi connectivity index (χ3v) is 2.88. The minimum Gasteiger partial charge on any atom is -0.383 e. The summed E-state index contributed by atoms with van der Waals surface area (Å²) in [6.07, 6.45) is 0. The zero-order chi connectivity index (χ0) is 14.4. The van der Waals surface area contributed by atoms with Crippen LogP contribution in [0.25, 0.3) is 0 Å². The molecular weight excluding hydrogens is 242 g/mol. The quantitative estimate of drug-likeness (QED) is 0.741. The number of hydrogen-bond acceptors (Lipinski definition) is 4. The molecule has 0 aliphatic heterocycles. The van der Waals surface area contributed by atoms with Crippen molar-refractivity contribution in [2.45, 2.75) is 33.6 Å². The molecular formula is C15H23NO3. The molecule has 0 radical (unpaired) electrons. The van der Waals surface area contributed by atoms with E-state index in [1.54, 1.807) is 12.2 Å². The number of carbonyl (C=O) groups is 1. The van der Waals surface area contributed by atoms with E-state index < -0.39 is 0 Å². The molecule has 106 valence electrons. The molecule has 0 saturated carbocycles. The molecule has 0 atom stereocenters. The smallest absolute Gasteiger partial charge is 0.329 e. The average Bonchev–Trinajstić information content (AvgIpc) is 2.33. The van der Waals surface area contributed by atoms with Gasteiger partial charge in [-0.25, -0.2) is 5.06 Å². The monoisotopic (exact) mass is 265 g/mol. The van der Waals surface area contributed by atoms with Crippen LogP contribution >= 0.6 is 0 Å². The summed E-state index contributed by atoms with van der Waals surface area (Å²) in [7, 11) is 1.63. The molecule has 0 aromatic heterocycles. The van der Waals surface area contributed by atoms with Crippen LogP contribution in [-0.2, 0) is 14.4 Å². The maximum Gasteiger partial charge on any atom is 0.329 e. The van der Waals surface area contributed by atoms with Gasteiger partial charge < -0.3 is 9.57 Å². The van der Waals surface area contributed by atoms with Crippen LogP contribution in [-0.4, -0.2) is 26.2 Å². The second-order valence-corrected chi connectivity index (χ2v) is 4.84. The number of hydrogen-bond donors (Lipinski definition) is 0. The minimum atomic E-state index is -0.327. The molecule has 0 N–H and O–H groups in total. The lowest BCUT2D eigenvalue weighted by molar-refractivity contribution is -0.142. The lowest BCUT2D eigenvalue weighted by Crippen LogP contribution is -2.30. The maximum absolute atomic E-state index is 11.3. The molecule has 0 fully saturated rings. The van der Waals surface area contributed by atoms with Gasteiger partial charge in [0.25, 0.3) is 0 Å². The van der Waals surface area contributed by atoms with Crippen LogP contribution < -0.4 is 5.06 Å². The van der Waals surface area contributed by atoms with Crippen molar-refractivity contribution in [2.24, 2.45) is 0 Å². The Balaban J connectivity index is 3.13. The summed E-state index contributed by atoms with van der Waals surface area (Å²) >= 11 is 0. The fourth-order valence-corrected chi connectivity index (χ4v) is 2.18. The SMILES string of the molecule is COCCN(OC(C)=O)c1cccc(C)c1C(C)C. The molecule has 0 aliphatic carbocycles. The number of anilines is 1. The van der Waals surface area contributed by atoms with Gasteiger partial charge >= 0.3 is 5.97 Å². The molecule has 0 saturated heterocycles. The van der Waals surface area contributed by atoms with Crippen LogP contribution in [0.4, 0.5) is 5.69 Å². The van der Waals surface area contributed by atoms with E-state index >= 15 is 0 Å². The second-order valence-electron chi connectivity index (χ2n) is 4.84. The minimum absolute atomic E-state index is 0.327. The lowest BCUT2D eigenvalue weighted by Gasteiger charge is -2.27. The molecule has 0 heterocycles. The van der Waals surface area contributed by atoms with Crippen LogP contribution in [0.2, 0.25) is 0 Å². The van der Waals surface area contributed by atoms with Gasteiger partial charge in [0.15, 0.2) is 0 Å². The highest BCUT2D eigenvalue weighted by Gasteiger charge is 2.17. The molecule has 0 amide bonds. The van der Waals surface area contributed by atoms with Gasteiger partial charge in [0.05, 0.1) is 18.8 Å². The number of hydroxylamine groups is 1. The van der Waals surface area contributed by atoms with Gasteiger partial charge in [0, 0.05) is 14.0 Å². The molecule has 1 aromatic carbocycles. The predicted octanol–water partition coefficient (Wildman–Crippen LogP) is 3.05. The first-order chi connectivity index (χ1) is 8.97. The standard InChI is InChI=1S/C15H23NO3/c1-11(2)15-12(3)7-6-8-14(15)16(9-10-18-5)19-13(4)17/h6-8,11H,9-10H2,1-5H3. The highest BCUT2D eigenvalue weighted by molar-refractivity contribution is 5.68. The molecule has 0 spiro atoms. The van der Waals surface area contributed by atoms with Crippen molar-refractivity contribution in [1.29, 1.82) is 0 Å². The van der Waals surface area contributed by atoms with Gasteiger partial charge in [0.1, 0.15) is 0 Å². The van der Waals surface area contributed by atoms with E-state index in [1.165, 1.54) is 18.1 Å². The first-order valence-corrected chi connectivity index (χ1v) is 6.51. The topological polar surface area (TPSA) is 38.8 Å². The summed E-state index contributed by atoms with van der Waals surface area (Å²) in [6.45, 7) is 8.76.